The molecule has 156 valence electrons. The molecule has 1 aliphatic heterocycles. The summed E-state index contributed by atoms with van der Waals surface area (Å²) in [5.41, 5.74) is 0.737. The molecule has 2 heterocycles. The monoisotopic (exact) mass is 407 g/mol. The Balaban J connectivity index is 1.67. The van der Waals surface area contributed by atoms with Gasteiger partial charge in [0.05, 0.1) is 18.2 Å². The van der Waals surface area contributed by atoms with Gasteiger partial charge >= 0.3 is 6.18 Å². The third-order valence-corrected chi connectivity index (χ3v) is 5.07. The van der Waals surface area contributed by atoms with E-state index in [1.54, 1.807) is 29.4 Å². The van der Waals surface area contributed by atoms with Gasteiger partial charge in [-0.1, -0.05) is 24.3 Å². The molecule has 2 aromatic rings. The lowest BCUT2D eigenvalue weighted by molar-refractivity contribution is -0.137. The summed E-state index contributed by atoms with van der Waals surface area (Å²) in [7, 11) is 0. The highest BCUT2D eigenvalue weighted by molar-refractivity contribution is 5.78. The number of hydrogen-bond acceptors (Lipinski definition) is 4. The van der Waals surface area contributed by atoms with Crippen LogP contribution in [0.25, 0.3) is 0 Å². The molecule has 2 atom stereocenters. The predicted molar refractivity (Wildman–Crippen MR) is 102 cm³/mol. The first-order valence-electron chi connectivity index (χ1n) is 9.47. The number of halogens is 3. The van der Waals surface area contributed by atoms with Crippen LogP contribution in [0.4, 0.5) is 13.2 Å². The van der Waals surface area contributed by atoms with E-state index in [2.05, 4.69) is 4.98 Å². The van der Waals surface area contributed by atoms with E-state index in [1.165, 1.54) is 6.07 Å². The fourth-order valence-corrected chi connectivity index (χ4v) is 3.57. The van der Waals surface area contributed by atoms with Crippen LogP contribution in [0.3, 0.4) is 0 Å². The SMILES string of the molecule is CC(Cc1cccc(C(F)(F)F)c1)N1CC(=O)N(Cc2cccnc2)CC(O)C1. The smallest absolute Gasteiger partial charge is 0.390 e. The fraction of sp³-hybridized carbons (Fsp3) is 0.429. The van der Waals surface area contributed by atoms with Crippen molar-refractivity contribution in [2.75, 3.05) is 19.6 Å². The van der Waals surface area contributed by atoms with Crippen LogP contribution in [0.2, 0.25) is 0 Å². The molecule has 0 aliphatic carbocycles. The second-order valence-electron chi connectivity index (χ2n) is 7.47. The highest BCUT2D eigenvalue weighted by Crippen LogP contribution is 2.30. The largest absolute Gasteiger partial charge is 0.416 e. The molecule has 1 N–H and O–H groups in total. The van der Waals surface area contributed by atoms with E-state index in [-0.39, 0.29) is 31.6 Å². The number of alkyl halides is 3. The summed E-state index contributed by atoms with van der Waals surface area (Å²) >= 11 is 0. The third kappa shape index (κ3) is 5.77. The molecule has 0 saturated carbocycles. The lowest BCUT2D eigenvalue weighted by atomic mass is 10.0. The van der Waals surface area contributed by atoms with Crippen LogP contribution in [0.1, 0.15) is 23.6 Å². The van der Waals surface area contributed by atoms with Crippen molar-refractivity contribution in [3.05, 3.63) is 65.5 Å². The zero-order valence-corrected chi connectivity index (χ0v) is 16.1. The van der Waals surface area contributed by atoms with Crippen LogP contribution in [0, 0.1) is 0 Å². The molecule has 2 unspecified atom stereocenters. The Morgan fingerprint density at radius 3 is 2.66 bits per heavy atom. The van der Waals surface area contributed by atoms with Crippen molar-refractivity contribution in [2.24, 2.45) is 0 Å². The number of nitrogens with zero attached hydrogens (tertiary/aromatic N) is 3. The van der Waals surface area contributed by atoms with Crippen molar-refractivity contribution in [2.45, 2.75) is 38.2 Å². The van der Waals surface area contributed by atoms with Crippen molar-refractivity contribution in [3.63, 3.8) is 0 Å². The topological polar surface area (TPSA) is 56.7 Å². The Kier molecular flexibility index (Phi) is 6.54. The van der Waals surface area contributed by atoms with Gasteiger partial charge in [-0.25, -0.2) is 0 Å². The first-order chi connectivity index (χ1) is 13.7. The standard InChI is InChI=1S/C21H24F3N3O2/c1-15(8-16-4-2-6-18(9-16)21(22,23)24)26-12-19(28)13-27(20(29)14-26)11-17-5-3-7-25-10-17/h2-7,9-10,15,19,28H,8,11-14H2,1H3. The van der Waals surface area contributed by atoms with Crippen LogP contribution in [0.15, 0.2) is 48.8 Å². The van der Waals surface area contributed by atoms with Crippen LogP contribution in [-0.4, -0.2) is 57.6 Å². The molecular formula is C21H24F3N3O2. The van der Waals surface area contributed by atoms with E-state index in [0.29, 0.717) is 18.5 Å². The highest BCUT2D eigenvalue weighted by Gasteiger charge is 2.32. The minimum Gasteiger partial charge on any atom is -0.390 e. The van der Waals surface area contributed by atoms with Crippen LogP contribution < -0.4 is 0 Å². The van der Waals surface area contributed by atoms with Gasteiger partial charge in [-0.05, 0) is 36.6 Å². The molecule has 1 amide bonds. The van der Waals surface area contributed by atoms with Gasteiger partial charge in [0, 0.05) is 38.1 Å². The first kappa shape index (κ1) is 21.3. The fourth-order valence-electron chi connectivity index (χ4n) is 3.57. The number of carbonyl (C=O) groups is 1. The van der Waals surface area contributed by atoms with E-state index < -0.39 is 17.8 Å². The van der Waals surface area contributed by atoms with Crippen LogP contribution in [-0.2, 0) is 23.9 Å². The molecule has 0 radical (unpaired) electrons. The van der Waals surface area contributed by atoms with Gasteiger partial charge < -0.3 is 10.0 Å². The summed E-state index contributed by atoms with van der Waals surface area (Å²) in [5, 5.41) is 10.4. The first-order valence-corrected chi connectivity index (χ1v) is 9.47. The molecule has 3 rings (SSSR count). The average Bonchev–Trinajstić information content (AvgIpc) is 2.80. The van der Waals surface area contributed by atoms with E-state index in [4.69, 9.17) is 0 Å². The number of carbonyl (C=O) groups excluding carboxylic acids is 1. The molecule has 1 aromatic carbocycles. The second-order valence-corrected chi connectivity index (χ2v) is 7.47. The lowest BCUT2D eigenvalue weighted by Gasteiger charge is -2.28. The van der Waals surface area contributed by atoms with Crippen molar-refractivity contribution in [1.82, 2.24) is 14.8 Å². The van der Waals surface area contributed by atoms with E-state index >= 15 is 0 Å². The molecule has 8 heteroatoms. The zero-order chi connectivity index (χ0) is 21.0. The Bertz CT molecular complexity index is 829. The average molecular weight is 407 g/mol. The Morgan fingerprint density at radius 2 is 1.97 bits per heavy atom. The Labute approximate surface area is 167 Å². The predicted octanol–water partition coefficient (Wildman–Crippen LogP) is 2.74. The molecule has 5 nitrogen and oxygen atoms in total. The number of rotatable bonds is 5. The summed E-state index contributed by atoms with van der Waals surface area (Å²) in [6.45, 7) is 2.82. The van der Waals surface area contributed by atoms with Crippen LogP contribution in [0.5, 0.6) is 0 Å². The zero-order valence-electron chi connectivity index (χ0n) is 16.1. The minimum atomic E-state index is -4.39. The highest BCUT2D eigenvalue weighted by atomic mass is 19.4. The normalized spacial score (nSPS) is 19.8. The quantitative estimate of drug-likeness (QED) is 0.828. The molecule has 0 spiro atoms. The van der Waals surface area contributed by atoms with Gasteiger partial charge in [0.2, 0.25) is 5.91 Å². The number of benzene rings is 1. The molecule has 1 aliphatic rings. The Hall–Kier alpha value is -2.45. The van der Waals surface area contributed by atoms with Gasteiger partial charge in [0.25, 0.3) is 0 Å². The van der Waals surface area contributed by atoms with Gasteiger partial charge in [0.1, 0.15) is 0 Å². The molecular weight excluding hydrogens is 383 g/mol. The summed E-state index contributed by atoms with van der Waals surface area (Å²) in [4.78, 5) is 20.2. The minimum absolute atomic E-state index is 0.109. The maximum Gasteiger partial charge on any atom is 0.416 e. The van der Waals surface area contributed by atoms with Gasteiger partial charge in [-0.3, -0.25) is 14.7 Å². The van der Waals surface area contributed by atoms with Gasteiger partial charge in [-0.15, -0.1) is 0 Å². The van der Waals surface area contributed by atoms with Gasteiger partial charge in [0.15, 0.2) is 0 Å². The number of pyridine rings is 1. The lowest BCUT2D eigenvalue weighted by Crippen LogP contribution is -2.41. The second kappa shape index (κ2) is 8.92. The Morgan fingerprint density at radius 1 is 1.21 bits per heavy atom. The van der Waals surface area contributed by atoms with Gasteiger partial charge in [-0.2, -0.15) is 13.2 Å². The third-order valence-electron chi connectivity index (χ3n) is 5.07. The number of β-amino-alcohol motifs (C(OH)–C–C–N with tert-alkyl or cyclic N) is 1. The summed E-state index contributed by atoms with van der Waals surface area (Å²) < 4.78 is 38.8. The number of aromatic nitrogens is 1. The van der Waals surface area contributed by atoms with Crippen LogP contribution >= 0.6 is 0 Å². The number of amides is 1. The van der Waals surface area contributed by atoms with E-state index in [9.17, 15) is 23.1 Å². The number of aliphatic hydroxyl groups excluding tert-OH is 1. The number of aliphatic hydroxyl groups is 1. The molecule has 0 bridgehead atoms. The maximum atomic E-state index is 12.9. The van der Waals surface area contributed by atoms with Crippen molar-refractivity contribution < 1.29 is 23.1 Å². The molecule has 1 aromatic heterocycles. The molecule has 29 heavy (non-hydrogen) atoms. The van der Waals surface area contributed by atoms with E-state index in [1.807, 2.05) is 17.9 Å². The number of hydrogen-bond donors (Lipinski definition) is 1. The summed E-state index contributed by atoms with van der Waals surface area (Å²) in [5.74, 6) is -0.124. The van der Waals surface area contributed by atoms with Crippen molar-refractivity contribution >= 4 is 5.91 Å². The van der Waals surface area contributed by atoms with E-state index in [0.717, 1.165) is 17.7 Å². The maximum absolute atomic E-state index is 12.9. The summed E-state index contributed by atoms with van der Waals surface area (Å²) in [6, 6.07) is 8.68. The van der Waals surface area contributed by atoms with Crippen molar-refractivity contribution in [1.29, 1.82) is 0 Å². The van der Waals surface area contributed by atoms with Crippen molar-refractivity contribution in [3.8, 4) is 0 Å². The molecule has 1 fully saturated rings. The molecule has 1 saturated heterocycles. The summed E-state index contributed by atoms with van der Waals surface area (Å²) in [6.07, 6.45) is -1.44.